The van der Waals surface area contributed by atoms with Crippen LogP contribution in [0, 0.1) is 0 Å². The Balaban J connectivity index is 1.57. The molecule has 0 saturated carbocycles. The number of carbonyl (C=O) groups excluding carboxylic acids is 1. The summed E-state index contributed by atoms with van der Waals surface area (Å²) in [5, 5.41) is 2.85. The molecule has 1 atom stereocenters. The van der Waals surface area contributed by atoms with Crippen molar-refractivity contribution in [3.8, 4) is 0 Å². The molecule has 0 aliphatic carbocycles. The topological polar surface area (TPSA) is 101 Å². The highest BCUT2D eigenvalue weighted by Gasteiger charge is 2.14. The number of benzene rings is 1. The number of hydrogen-bond acceptors (Lipinski definition) is 5. The van der Waals surface area contributed by atoms with E-state index in [1.807, 2.05) is 19.1 Å². The van der Waals surface area contributed by atoms with E-state index in [9.17, 15) is 13.2 Å². The highest BCUT2D eigenvalue weighted by atomic mass is 32.2. The average Bonchev–Trinajstić information content (AvgIpc) is 3.25. The van der Waals surface area contributed by atoms with Gasteiger partial charge < -0.3 is 9.73 Å². The number of aromatic nitrogens is 1. The number of hydrogen-bond donors (Lipinski definition) is 2. The van der Waals surface area contributed by atoms with E-state index in [-0.39, 0.29) is 23.4 Å². The molecule has 0 radical (unpaired) electrons. The lowest BCUT2D eigenvalue weighted by molar-refractivity contribution is -0.117. The maximum atomic E-state index is 12.3. The van der Waals surface area contributed by atoms with Gasteiger partial charge in [-0.3, -0.25) is 9.78 Å². The van der Waals surface area contributed by atoms with E-state index >= 15 is 0 Å². The van der Waals surface area contributed by atoms with E-state index in [1.165, 1.54) is 24.5 Å². The SMILES string of the molecule is CC(NC(=O)/C=C/c1ccc(S(=O)(=O)NCc2ccco2)cc1)c1cccnc1. The molecule has 1 amide bonds. The van der Waals surface area contributed by atoms with E-state index < -0.39 is 10.0 Å². The lowest BCUT2D eigenvalue weighted by Crippen LogP contribution is -2.24. The van der Waals surface area contributed by atoms with Gasteiger partial charge in [-0.15, -0.1) is 0 Å². The van der Waals surface area contributed by atoms with Crippen molar-refractivity contribution in [3.63, 3.8) is 0 Å². The molecule has 29 heavy (non-hydrogen) atoms. The summed E-state index contributed by atoms with van der Waals surface area (Å²) >= 11 is 0. The predicted octanol–water partition coefficient (Wildman–Crippen LogP) is 3.04. The Morgan fingerprint density at radius 2 is 1.97 bits per heavy atom. The Morgan fingerprint density at radius 3 is 2.62 bits per heavy atom. The van der Waals surface area contributed by atoms with Gasteiger partial charge in [-0.2, -0.15) is 0 Å². The molecular weight excluding hydrogens is 390 g/mol. The van der Waals surface area contributed by atoms with Crippen LogP contribution >= 0.6 is 0 Å². The van der Waals surface area contributed by atoms with Gasteiger partial charge in [-0.05, 0) is 54.5 Å². The zero-order chi connectivity index (χ0) is 20.7. The lowest BCUT2D eigenvalue weighted by atomic mass is 10.1. The molecule has 2 N–H and O–H groups in total. The predicted molar refractivity (Wildman–Crippen MR) is 109 cm³/mol. The highest BCUT2D eigenvalue weighted by Crippen LogP contribution is 2.13. The number of rotatable bonds is 8. The molecule has 0 fully saturated rings. The number of furan rings is 1. The van der Waals surface area contributed by atoms with E-state index in [2.05, 4.69) is 15.0 Å². The molecule has 1 unspecified atom stereocenters. The van der Waals surface area contributed by atoms with Crippen molar-refractivity contribution < 1.29 is 17.6 Å². The second-order valence-electron chi connectivity index (χ2n) is 6.32. The van der Waals surface area contributed by atoms with Gasteiger partial charge in [-0.25, -0.2) is 13.1 Å². The average molecular weight is 411 g/mol. The van der Waals surface area contributed by atoms with Crippen LogP contribution in [0.4, 0.5) is 0 Å². The standard InChI is InChI=1S/C21H21N3O4S/c1-16(18-4-2-12-22-14-18)24-21(25)11-8-17-6-9-20(10-7-17)29(26,27)23-15-19-5-3-13-28-19/h2-14,16,23H,15H2,1H3,(H,24,25)/b11-8+. The van der Waals surface area contributed by atoms with Crippen LogP contribution in [0.5, 0.6) is 0 Å². The summed E-state index contributed by atoms with van der Waals surface area (Å²) in [6.45, 7) is 1.95. The van der Waals surface area contributed by atoms with Crippen LogP contribution in [0.2, 0.25) is 0 Å². The van der Waals surface area contributed by atoms with Crippen LogP contribution in [0.15, 0.2) is 82.6 Å². The number of nitrogens with zero attached hydrogens (tertiary/aromatic N) is 1. The first-order valence-corrected chi connectivity index (χ1v) is 10.4. The van der Waals surface area contributed by atoms with Crippen molar-refractivity contribution in [2.24, 2.45) is 0 Å². The number of carbonyl (C=O) groups is 1. The number of sulfonamides is 1. The van der Waals surface area contributed by atoms with Crippen molar-refractivity contribution in [1.82, 2.24) is 15.0 Å². The molecule has 0 aliphatic rings. The van der Waals surface area contributed by atoms with Gasteiger partial charge >= 0.3 is 0 Å². The smallest absolute Gasteiger partial charge is 0.244 e. The van der Waals surface area contributed by atoms with E-state index in [0.717, 1.165) is 5.56 Å². The van der Waals surface area contributed by atoms with Gasteiger partial charge in [0, 0.05) is 18.5 Å². The Hall–Kier alpha value is -3.23. The molecule has 0 spiro atoms. The highest BCUT2D eigenvalue weighted by molar-refractivity contribution is 7.89. The summed E-state index contributed by atoms with van der Waals surface area (Å²) in [5.41, 5.74) is 1.62. The van der Waals surface area contributed by atoms with Gasteiger partial charge in [0.2, 0.25) is 15.9 Å². The first-order chi connectivity index (χ1) is 13.9. The lowest BCUT2D eigenvalue weighted by Gasteiger charge is -2.12. The summed E-state index contributed by atoms with van der Waals surface area (Å²) in [7, 11) is -3.65. The first-order valence-electron chi connectivity index (χ1n) is 8.95. The molecule has 0 bridgehead atoms. The molecule has 1 aromatic carbocycles. The van der Waals surface area contributed by atoms with Crippen LogP contribution < -0.4 is 10.0 Å². The van der Waals surface area contributed by atoms with Gasteiger partial charge in [0.05, 0.1) is 23.7 Å². The summed E-state index contributed by atoms with van der Waals surface area (Å²) in [6, 6.07) is 13.2. The van der Waals surface area contributed by atoms with Crippen molar-refractivity contribution in [2.45, 2.75) is 24.4 Å². The first kappa shape index (κ1) is 20.5. The molecule has 3 rings (SSSR count). The van der Waals surface area contributed by atoms with Crippen molar-refractivity contribution in [3.05, 3.63) is 90.2 Å². The Kier molecular flexibility index (Phi) is 6.58. The van der Waals surface area contributed by atoms with Gasteiger partial charge in [0.15, 0.2) is 0 Å². The fourth-order valence-electron chi connectivity index (χ4n) is 2.57. The van der Waals surface area contributed by atoms with E-state index in [1.54, 1.807) is 42.7 Å². The normalized spacial score (nSPS) is 12.7. The monoisotopic (exact) mass is 411 g/mol. The van der Waals surface area contributed by atoms with Crippen LogP contribution in [0.25, 0.3) is 6.08 Å². The fourth-order valence-corrected chi connectivity index (χ4v) is 3.56. The minimum Gasteiger partial charge on any atom is -0.468 e. The summed E-state index contributed by atoms with van der Waals surface area (Å²) in [6.07, 6.45) is 7.89. The van der Waals surface area contributed by atoms with Crippen LogP contribution in [-0.4, -0.2) is 19.3 Å². The quantitative estimate of drug-likeness (QED) is 0.555. The minimum absolute atomic E-state index is 0.0757. The third-order valence-corrected chi connectivity index (χ3v) is 5.59. The van der Waals surface area contributed by atoms with Crippen LogP contribution in [-0.2, 0) is 21.4 Å². The fraction of sp³-hybridized carbons (Fsp3) is 0.143. The molecular formula is C21H21N3O4S. The zero-order valence-electron chi connectivity index (χ0n) is 15.8. The molecule has 3 aromatic rings. The summed E-state index contributed by atoms with van der Waals surface area (Å²) in [5.74, 6) is 0.276. The third kappa shape index (κ3) is 5.87. The third-order valence-electron chi connectivity index (χ3n) is 4.18. The number of pyridine rings is 1. The van der Waals surface area contributed by atoms with Gasteiger partial charge in [0.1, 0.15) is 5.76 Å². The van der Waals surface area contributed by atoms with Crippen molar-refractivity contribution in [2.75, 3.05) is 0 Å². The van der Waals surface area contributed by atoms with E-state index in [0.29, 0.717) is 11.3 Å². The van der Waals surface area contributed by atoms with Crippen molar-refractivity contribution in [1.29, 1.82) is 0 Å². The molecule has 2 aromatic heterocycles. The van der Waals surface area contributed by atoms with Gasteiger partial charge in [-0.1, -0.05) is 18.2 Å². The molecule has 8 heteroatoms. The summed E-state index contributed by atoms with van der Waals surface area (Å²) in [4.78, 5) is 16.3. The van der Waals surface area contributed by atoms with Crippen LogP contribution in [0.1, 0.15) is 29.9 Å². The maximum Gasteiger partial charge on any atom is 0.244 e. The second kappa shape index (κ2) is 9.31. The summed E-state index contributed by atoms with van der Waals surface area (Å²) < 4.78 is 32.2. The number of nitrogens with one attached hydrogen (secondary N) is 2. The zero-order valence-corrected chi connectivity index (χ0v) is 16.6. The molecule has 150 valence electrons. The van der Waals surface area contributed by atoms with Gasteiger partial charge in [0.25, 0.3) is 0 Å². The Morgan fingerprint density at radius 1 is 1.17 bits per heavy atom. The Labute approximate surface area is 169 Å². The number of amides is 1. The maximum absolute atomic E-state index is 12.3. The molecule has 0 aliphatic heterocycles. The van der Waals surface area contributed by atoms with Crippen LogP contribution in [0.3, 0.4) is 0 Å². The molecule has 7 nitrogen and oxygen atoms in total. The Bertz CT molecular complexity index is 1060. The van der Waals surface area contributed by atoms with E-state index in [4.69, 9.17) is 4.42 Å². The molecule has 2 heterocycles. The largest absolute Gasteiger partial charge is 0.468 e. The van der Waals surface area contributed by atoms with Crippen molar-refractivity contribution >= 4 is 22.0 Å². The minimum atomic E-state index is -3.65. The second-order valence-corrected chi connectivity index (χ2v) is 8.09. The molecule has 0 saturated heterocycles.